The molecule has 0 saturated carbocycles. The van der Waals surface area contributed by atoms with E-state index >= 15 is 0 Å². The van der Waals surface area contributed by atoms with Crippen molar-refractivity contribution >= 4 is 23.1 Å². The highest BCUT2D eigenvalue weighted by molar-refractivity contribution is 7.13. The number of alkyl halides is 3. The van der Waals surface area contributed by atoms with Gasteiger partial charge in [0.1, 0.15) is 5.82 Å². The zero-order chi connectivity index (χ0) is 24.6. The number of hydrogen-bond acceptors (Lipinski definition) is 5. The largest absolute Gasteiger partial charge is 0.416 e. The lowest BCUT2D eigenvalue weighted by Crippen LogP contribution is -2.56. The zero-order valence-electron chi connectivity index (χ0n) is 19.2. The van der Waals surface area contributed by atoms with Crippen molar-refractivity contribution in [3.05, 3.63) is 64.9 Å². The second-order valence-electron chi connectivity index (χ2n) is 9.16. The van der Waals surface area contributed by atoms with Crippen LogP contribution in [0.4, 0.5) is 23.7 Å². The summed E-state index contributed by atoms with van der Waals surface area (Å²) in [7, 11) is 0. The maximum Gasteiger partial charge on any atom is 0.416 e. The van der Waals surface area contributed by atoms with Gasteiger partial charge in [-0.3, -0.25) is 4.90 Å². The smallest absolute Gasteiger partial charge is 0.336 e. The van der Waals surface area contributed by atoms with Crippen molar-refractivity contribution in [3.63, 3.8) is 0 Å². The number of anilines is 1. The Bertz CT molecular complexity index is 1200. The number of hydrogen-bond donors (Lipinski definition) is 2. The summed E-state index contributed by atoms with van der Waals surface area (Å²) in [5.41, 5.74) is 1.36. The van der Waals surface area contributed by atoms with Gasteiger partial charge in [0.15, 0.2) is 0 Å². The molecular formula is C25H26F3N5OS. The number of aryl methyl sites for hydroxylation is 1. The van der Waals surface area contributed by atoms with Gasteiger partial charge in [0.05, 0.1) is 16.1 Å². The lowest BCUT2D eigenvalue weighted by molar-refractivity contribution is -0.137. The fraction of sp³-hybridized carbons (Fsp3) is 0.400. The number of benzene rings is 1. The van der Waals surface area contributed by atoms with Crippen LogP contribution in [0, 0.1) is 12.8 Å². The molecule has 1 aromatic carbocycles. The fourth-order valence-corrected chi connectivity index (χ4v) is 5.86. The topological polar surface area (TPSA) is 70.2 Å². The monoisotopic (exact) mass is 501 g/mol. The Hall–Kier alpha value is -2.98. The quantitative estimate of drug-likeness (QED) is 0.482. The molecule has 10 heteroatoms. The number of rotatable bonds is 5. The van der Waals surface area contributed by atoms with Crippen LogP contribution in [-0.4, -0.2) is 46.6 Å². The number of carbonyl (C=O) groups excluding carboxylic acids is 1. The Labute approximate surface area is 205 Å². The molecule has 4 unspecified atom stereocenters. The van der Waals surface area contributed by atoms with Crippen LogP contribution in [-0.2, 0) is 6.18 Å². The molecule has 3 fully saturated rings. The van der Waals surface area contributed by atoms with E-state index in [1.165, 1.54) is 12.1 Å². The van der Waals surface area contributed by atoms with Crippen LogP contribution >= 0.6 is 11.3 Å². The SMILES string of the molecule is Cc1nc(-c2cccs2)cc(C2CN3CCC2CC3CNC(=O)Nc2cccc(C(F)(F)F)c2)n1. The van der Waals surface area contributed by atoms with Crippen molar-refractivity contribution in [2.24, 2.45) is 5.92 Å². The number of urea groups is 1. The Balaban J connectivity index is 1.20. The number of aromatic nitrogens is 2. The molecule has 4 atom stereocenters. The second-order valence-corrected chi connectivity index (χ2v) is 10.1. The molecule has 35 heavy (non-hydrogen) atoms. The van der Waals surface area contributed by atoms with Gasteiger partial charge < -0.3 is 10.6 Å². The Morgan fingerprint density at radius 3 is 2.77 bits per heavy atom. The zero-order valence-corrected chi connectivity index (χ0v) is 20.0. The van der Waals surface area contributed by atoms with E-state index in [4.69, 9.17) is 4.98 Å². The molecule has 2 amide bonds. The molecule has 2 bridgehead atoms. The molecule has 3 saturated heterocycles. The molecule has 6 nitrogen and oxygen atoms in total. The van der Waals surface area contributed by atoms with Crippen LogP contribution in [0.3, 0.4) is 0 Å². The summed E-state index contributed by atoms with van der Waals surface area (Å²) in [6.45, 7) is 4.20. The van der Waals surface area contributed by atoms with Gasteiger partial charge in [-0.05, 0) is 67.9 Å². The van der Waals surface area contributed by atoms with Crippen molar-refractivity contribution in [2.75, 3.05) is 25.0 Å². The van der Waals surface area contributed by atoms with E-state index in [1.807, 2.05) is 18.4 Å². The lowest BCUT2D eigenvalue weighted by Gasteiger charge is -2.49. The van der Waals surface area contributed by atoms with E-state index < -0.39 is 17.8 Å². The number of carbonyl (C=O) groups is 1. The standard InChI is InChI=1S/C25H26F3N5OS/c1-15-30-21(12-22(31-15)23-6-3-9-35-23)20-14-33-8-7-16(20)10-19(33)13-29-24(34)32-18-5-2-4-17(11-18)25(26,27)28/h2-6,9,11-12,16,19-20H,7-8,10,13-14H2,1H3,(H2,29,32,34). The highest BCUT2D eigenvalue weighted by Gasteiger charge is 2.41. The molecule has 6 rings (SSSR count). The maximum atomic E-state index is 12.9. The molecular weight excluding hydrogens is 475 g/mol. The normalized spacial score (nSPS) is 23.8. The first-order valence-corrected chi connectivity index (χ1v) is 12.5. The minimum atomic E-state index is -4.45. The number of nitrogens with zero attached hydrogens (tertiary/aromatic N) is 3. The van der Waals surface area contributed by atoms with Gasteiger partial charge in [-0.25, -0.2) is 14.8 Å². The molecule has 5 heterocycles. The first-order valence-electron chi connectivity index (χ1n) is 11.6. The number of fused-ring (bicyclic) bond motifs is 3. The molecule has 184 valence electrons. The summed E-state index contributed by atoms with van der Waals surface area (Å²) in [6.07, 6.45) is -2.44. The molecule has 0 aliphatic carbocycles. The summed E-state index contributed by atoms with van der Waals surface area (Å²) in [6, 6.07) is 10.5. The van der Waals surface area contributed by atoms with Crippen LogP contribution < -0.4 is 10.6 Å². The van der Waals surface area contributed by atoms with Gasteiger partial charge in [-0.2, -0.15) is 13.2 Å². The second kappa shape index (κ2) is 9.58. The summed E-state index contributed by atoms with van der Waals surface area (Å²) in [5.74, 6) is 1.55. The van der Waals surface area contributed by atoms with E-state index in [2.05, 4.69) is 32.7 Å². The van der Waals surface area contributed by atoms with E-state index in [0.717, 1.165) is 60.2 Å². The van der Waals surface area contributed by atoms with Gasteiger partial charge in [-0.1, -0.05) is 12.1 Å². The van der Waals surface area contributed by atoms with Crippen LogP contribution in [0.25, 0.3) is 10.6 Å². The Morgan fingerprint density at radius 1 is 1.20 bits per heavy atom. The van der Waals surface area contributed by atoms with Crippen LogP contribution in [0.15, 0.2) is 47.8 Å². The number of halogens is 3. The molecule has 0 spiro atoms. The van der Waals surface area contributed by atoms with Crippen LogP contribution in [0.5, 0.6) is 0 Å². The van der Waals surface area contributed by atoms with Gasteiger partial charge in [0.2, 0.25) is 0 Å². The third-order valence-electron chi connectivity index (χ3n) is 6.84. The molecule has 2 N–H and O–H groups in total. The highest BCUT2D eigenvalue weighted by Crippen LogP contribution is 2.42. The van der Waals surface area contributed by atoms with Gasteiger partial charge in [0, 0.05) is 36.4 Å². The highest BCUT2D eigenvalue weighted by atomic mass is 32.1. The lowest BCUT2D eigenvalue weighted by atomic mass is 9.74. The first-order chi connectivity index (χ1) is 16.8. The third kappa shape index (κ3) is 5.33. The Morgan fingerprint density at radius 2 is 2.06 bits per heavy atom. The first kappa shape index (κ1) is 23.7. The summed E-state index contributed by atoms with van der Waals surface area (Å²) in [5, 5.41) is 7.40. The van der Waals surface area contributed by atoms with Crippen LogP contribution in [0.2, 0.25) is 0 Å². The maximum absolute atomic E-state index is 12.9. The molecule has 3 aromatic rings. The van der Waals surface area contributed by atoms with E-state index in [-0.39, 0.29) is 11.7 Å². The fourth-order valence-electron chi connectivity index (χ4n) is 5.18. The molecule has 2 aromatic heterocycles. The average molecular weight is 502 g/mol. The summed E-state index contributed by atoms with van der Waals surface area (Å²) >= 11 is 1.66. The predicted molar refractivity (Wildman–Crippen MR) is 129 cm³/mol. The third-order valence-corrected chi connectivity index (χ3v) is 7.73. The molecule has 0 radical (unpaired) electrons. The number of nitrogens with one attached hydrogen (secondary N) is 2. The van der Waals surface area contributed by atoms with E-state index in [0.29, 0.717) is 18.4 Å². The summed E-state index contributed by atoms with van der Waals surface area (Å²) in [4.78, 5) is 25.3. The predicted octanol–water partition coefficient (Wildman–Crippen LogP) is 5.53. The minimum absolute atomic E-state index is 0.114. The van der Waals surface area contributed by atoms with E-state index in [9.17, 15) is 18.0 Å². The number of piperidine rings is 3. The van der Waals surface area contributed by atoms with Crippen molar-refractivity contribution in [1.29, 1.82) is 0 Å². The van der Waals surface area contributed by atoms with Crippen molar-refractivity contribution in [1.82, 2.24) is 20.2 Å². The van der Waals surface area contributed by atoms with Crippen molar-refractivity contribution < 1.29 is 18.0 Å². The molecule has 3 aliphatic rings. The summed E-state index contributed by atoms with van der Waals surface area (Å²) < 4.78 is 38.7. The average Bonchev–Trinajstić information content (AvgIpc) is 3.38. The van der Waals surface area contributed by atoms with Crippen LogP contribution in [0.1, 0.15) is 35.8 Å². The minimum Gasteiger partial charge on any atom is -0.336 e. The Kier molecular flexibility index (Phi) is 6.50. The van der Waals surface area contributed by atoms with Crippen molar-refractivity contribution in [3.8, 4) is 10.6 Å². The number of thiophene rings is 1. The van der Waals surface area contributed by atoms with Gasteiger partial charge in [-0.15, -0.1) is 11.3 Å². The molecule has 3 aliphatic heterocycles. The van der Waals surface area contributed by atoms with Gasteiger partial charge in [0.25, 0.3) is 0 Å². The van der Waals surface area contributed by atoms with Gasteiger partial charge >= 0.3 is 12.2 Å². The van der Waals surface area contributed by atoms with Crippen molar-refractivity contribution in [2.45, 2.75) is 37.9 Å². The van der Waals surface area contributed by atoms with E-state index in [1.54, 1.807) is 11.3 Å². The number of amides is 2.